The van der Waals surface area contributed by atoms with Gasteiger partial charge >= 0.3 is 0 Å². The number of hydrogen-bond acceptors (Lipinski definition) is 6. The molecule has 0 aliphatic carbocycles. The number of anilines is 2. The van der Waals surface area contributed by atoms with E-state index in [1.165, 1.54) is 12.1 Å². The Morgan fingerprint density at radius 3 is 2.80 bits per heavy atom. The molecule has 0 saturated carbocycles. The number of nitrogens with zero attached hydrogens (tertiary/aromatic N) is 5. The van der Waals surface area contributed by atoms with Crippen LogP contribution in [0, 0.1) is 5.82 Å². The van der Waals surface area contributed by atoms with Crippen molar-refractivity contribution in [3.05, 3.63) is 83.2 Å². The Balaban J connectivity index is 1.49. The molecule has 4 rings (SSSR count). The second-order valence-electron chi connectivity index (χ2n) is 6.77. The second-order valence-corrected chi connectivity index (χ2v) is 7.18. The number of hydrogen-bond donors (Lipinski definition) is 2. The lowest BCUT2D eigenvalue weighted by atomic mass is 10.0. The minimum atomic E-state index is -0.501. The molecule has 30 heavy (non-hydrogen) atoms. The van der Waals surface area contributed by atoms with Crippen molar-refractivity contribution >= 4 is 28.9 Å². The highest BCUT2D eigenvalue weighted by molar-refractivity contribution is 6.30. The minimum Gasteiger partial charge on any atom is -0.394 e. The van der Waals surface area contributed by atoms with Crippen LogP contribution in [0.2, 0.25) is 5.02 Å². The van der Waals surface area contributed by atoms with Gasteiger partial charge in [-0.1, -0.05) is 23.7 Å². The molecule has 0 bridgehead atoms. The Labute approximate surface area is 178 Å². The fraction of sp³-hybridized carbons (Fsp3) is 0.190. The molecular formula is C21H20ClFN6O. The molecule has 0 unspecified atom stereocenters. The molecule has 0 spiro atoms. The number of rotatable bonds is 6. The summed E-state index contributed by atoms with van der Waals surface area (Å²) in [6.45, 7) is 0.386. The van der Waals surface area contributed by atoms with E-state index >= 15 is 0 Å². The first kappa shape index (κ1) is 20.1. The lowest BCUT2D eigenvalue weighted by Gasteiger charge is -2.31. The van der Waals surface area contributed by atoms with Crippen LogP contribution in [0.1, 0.15) is 17.3 Å². The average Bonchev–Trinajstić information content (AvgIpc) is 3.16. The molecule has 9 heteroatoms. The van der Waals surface area contributed by atoms with Crippen LogP contribution in [0.25, 0.3) is 5.57 Å². The molecule has 2 aromatic heterocycles. The molecule has 1 aliphatic rings. The quantitative estimate of drug-likeness (QED) is 0.625. The van der Waals surface area contributed by atoms with Gasteiger partial charge in [-0.25, -0.2) is 14.4 Å². The van der Waals surface area contributed by atoms with E-state index in [0.717, 1.165) is 17.1 Å². The van der Waals surface area contributed by atoms with Crippen LogP contribution >= 0.6 is 11.6 Å². The Bertz CT molecular complexity index is 1110. The fourth-order valence-corrected chi connectivity index (χ4v) is 3.36. The summed E-state index contributed by atoms with van der Waals surface area (Å²) in [5, 5.41) is 17.2. The lowest BCUT2D eigenvalue weighted by Crippen LogP contribution is -2.28. The maximum Gasteiger partial charge on any atom is 0.228 e. The third-order valence-electron chi connectivity index (χ3n) is 4.88. The number of benzene rings is 1. The molecule has 154 valence electrons. The second kappa shape index (κ2) is 8.64. The van der Waals surface area contributed by atoms with E-state index in [-0.39, 0.29) is 17.7 Å². The SMILES string of the molecule is Cn1nccc1Nc1nccc(C2=CCN([C@H](CO)c3ccc(Cl)c(F)c3)C=C2)n1. The molecule has 7 nitrogen and oxygen atoms in total. The summed E-state index contributed by atoms with van der Waals surface area (Å²) in [6.07, 6.45) is 9.17. The molecule has 3 heterocycles. The molecule has 1 aromatic carbocycles. The summed E-state index contributed by atoms with van der Waals surface area (Å²) < 4.78 is 15.5. The number of aliphatic hydroxyl groups excluding tert-OH is 1. The highest BCUT2D eigenvalue weighted by atomic mass is 35.5. The molecule has 0 amide bonds. The van der Waals surface area contributed by atoms with Gasteiger partial charge in [-0.2, -0.15) is 5.10 Å². The Morgan fingerprint density at radius 1 is 1.27 bits per heavy atom. The highest BCUT2D eigenvalue weighted by Gasteiger charge is 2.20. The Morgan fingerprint density at radius 2 is 2.13 bits per heavy atom. The summed E-state index contributed by atoms with van der Waals surface area (Å²) in [4.78, 5) is 10.8. The maximum atomic E-state index is 13.8. The van der Waals surface area contributed by atoms with E-state index in [1.807, 2.05) is 42.4 Å². The van der Waals surface area contributed by atoms with Crippen molar-refractivity contribution in [3.63, 3.8) is 0 Å². The van der Waals surface area contributed by atoms with Gasteiger partial charge in [0.05, 0.1) is 29.6 Å². The van der Waals surface area contributed by atoms with Crippen molar-refractivity contribution in [2.75, 3.05) is 18.5 Å². The third kappa shape index (κ3) is 4.19. The van der Waals surface area contributed by atoms with E-state index in [0.29, 0.717) is 18.1 Å². The summed E-state index contributed by atoms with van der Waals surface area (Å²) >= 11 is 5.77. The monoisotopic (exact) mass is 426 g/mol. The highest BCUT2D eigenvalue weighted by Crippen LogP contribution is 2.28. The van der Waals surface area contributed by atoms with Crippen LogP contribution in [-0.4, -0.2) is 42.9 Å². The van der Waals surface area contributed by atoms with Gasteiger partial charge in [0.25, 0.3) is 0 Å². The number of nitrogens with one attached hydrogen (secondary N) is 1. The zero-order valence-electron chi connectivity index (χ0n) is 16.2. The minimum absolute atomic E-state index is 0.0612. The van der Waals surface area contributed by atoms with Crippen LogP contribution in [-0.2, 0) is 7.05 Å². The largest absolute Gasteiger partial charge is 0.394 e. The molecule has 3 aromatic rings. The van der Waals surface area contributed by atoms with E-state index in [9.17, 15) is 9.50 Å². The number of allylic oxidation sites excluding steroid dienone is 2. The molecule has 0 fully saturated rings. The van der Waals surface area contributed by atoms with Crippen molar-refractivity contribution in [1.29, 1.82) is 0 Å². The van der Waals surface area contributed by atoms with Crippen LogP contribution in [0.5, 0.6) is 0 Å². The third-order valence-corrected chi connectivity index (χ3v) is 5.19. The number of aryl methyl sites for hydroxylation is 1. The van der Waals surface area contributed by atoms with Crippen LogP contribution in [0.3, 0.4) is 0 Å². The number of aliphatic hydroxyl groups is 1. The van der Waals surface area contributed by atoms with Crippen molar-refractivity contribution in [2.24, 2.45) is 7.05 Å². The molecule has 2 N–H and O–H groups in total. The predicted molar refractivity (Wildman–Crippen MR) is 114 cm³/mol. The number of aromatic nitrogens is 4. The summed E-state index contributed by atoms with van der Waals surface area (Å²) in [7, 11) is 1.83. The zero-order valence-corrected chi connectivity index (χ0v) is 17.0. The summed E-state index contributed by atoms with van der Waals surface area (Å²) in [6, 6.07) is 7.87. The van der Waals surface area contributed by atoms with Crippen LogP contribution < -0.4 is 5.32 Å². The van der Waals surface area contributed by atoms with Gasteiger partial charge in [-0.15, -0.1) is 0 Å². The van der Waals surface area contributed by atoms with Gasteiger partial charge in [0.15, 0.2) is 0 Å². The number of halogens is 2. The van der Waals surface area contributed by atoms with Gasteiger partial charge in [0.1, 0.15) is 11.6 Å². The zero-order chi connectivity index (χ0) is 21.1. The van der Waals surface area contributed by atoms with Gasteiger partial charge in [-0.05, 0) is 35.4 Å². The topological polar surface area (TPSA) is 79.1 Å². The molecular weight excluding hydrogens is 407 g/mol. The first-order chi connectivity index (χ1) is 14.5. The van der Waals surface area contributed by atoms with E-state index in [2.05, 4.69) is 20.4 Å². The molecule has 1 atom stereocenters. The van der Waals surface area contributed by atoms with Crippen molar-refractivity contribution < 1.29 is 9.50 Å². The molecule has 0 radical (unpaired) electrons. The summed E-state index contributed by atoms with van der Waals surface area (Å²) in [5.74, 6) is 0.754. The van der Waals surface area contributed by atoms with Crippen molar-refractivity contribution in [3.8, 4) is 0 Å². The molecule has 0 saturated heterocycles. The van der Waals surface area contributed by atoms with Crippen molar-refractivity contribution in [2.45, 2.75) is 6.04 Å². The van der Waals surface area contributed by atoms with E-state index < -0.39 is 5.82 Å². The van der Waals surface area contributed by atoms with Gasteiger partial charge in [-0.3, -0.25) is 4.68 Å². The normalized spacial score (nSPS) is 14.5. The molecule has 1 aliphatic heterocycles. The maximum absolute atomic E-state index is 13.8. The first-order valence-corrected chi connectivity index (χ1v) is 9.71. The Kier molecular flexibility index (Phi) is 5.78. The van der Waals surface area contributed by atoms with Crippen molar-refractivity contribution in [1.82, 2.24) is 24.6 Å². The Hall–Kier alpha value is -3.23. The van der Waals surface area contributed by atoms with Gasteiger partial charge < -0.3 is 15.3 Å². The fourth-order valence-electron chi connectivity index (χ4n) is 3.24. The smallest absolute Gasteiger partial charge is 0.228 e. The van der Waals surface area contributed by atoms with E-state index in [4.69, 9.17) is 11.6 Å². The van der Waals surface area contributed by atoms with Crippen LogP contribution in [0.15, 0.2) is 61.1 Å². The van der Waals surface area contributed by atoms with Crippen LogP contribution in [0.4, 0.5) is 16.2 Å². The first-order valence-electron chi connectivity index (χ1n) is 9.33. The standard InChI is InChI=1S/C21H20ClFN6O/c1-28-20(5-9-25-28)27-21-24-8-4-18(26-21)14-6-10-29(11-7-14)19(13-30)15-2-3-16(22)17(23)12-15/h2-10,12,19,30H,11,13H2,1H3,(H,24,26,27)/t19-/m1/s1. The van der Waals surface area contributed by atoms with Gasteiger partial charge in [0.2, 0.25) is 5.95 Å². The summed E-state index contributed by atoms with van der Waals surface area (Å²) in [5.41, 5.74) is 2.36. The lowest BCUT2D eigenvalue weighted by molar-refractivity contribution is 0.174. The van der Waals surface area contributed by atoms with Gasteiger partial charge in [0, 0.05) is 32.1 Å². The van der Waals surface area contributed by atoms with E-state index in [1.54, 1.807) is 23.1 Å². The predicted octanol–water partition coefficient (Wildman–Crippen LogP) is 3.69. The average molecular weight is 427 g/mol.